The summed E-state index contributed by atoms with van der Waals surface area (Å²) < 4.78 is 6.41. The topological polar surface area (TPSA) is 54.1 Å². The molecule has 0 bridgehead atoms. The minimum Gasteiger partial charge on any atom is -0.496 e. The zero-order valence-electron chi connectivity index (χ0n) is 14.8. The molecule has 2 heterocycles. The molecule has 0 unspecified atom stereocenters. The van der Waals surface area contributed by atoms with Crippen LogP contribution in [0.5, 0.6) is 5.75 Å². The third kappa shape index (κ3) is 2.79. The summed E-state index contributed by atoms with van der Waals surface area (Å²) in [4.78, 5) is 15.3. The van der Waals surface area contributed by atoms with Gasteiger partial charge in [0, 0.05) is 21.9 Å². The van der Waals surface area contributed by atoms with Gasteiger partial charge in [-0.15, -0.1) is 11.3 Å². The van der Waals surface area contributed by atoms with Crippen molar-refractivity contribution in [3.8, 4) is 16.9 Å². The van der Waals surface area contributed by atoms with Crippen LogP contribution in [0.4, 0.5) is 0 Å². The van der Waals surface area contributed by atoms with Crippen LogP contribution in [0.1, 0.15) is 5.56 Å². The molecule has 0 saturated heterocycles. The van der Waals surface area contributed by atoms with Crippen molar-refractivity contribution in [3.05, 3.63) is 63.8 Å². The molecule has 0 fully saturated rings. The van der Waals surface area contributed by atoms with E-state index in [1.165, 1.54) is 16.9 Å². The van der Waals surface area contributed by atoms with Crippen molar-refractivity contribution in [1.29, 1.82) is 0 Å². The fourth-order valence-corrected chi connectivity index (χ4v) is 4.19. The van der Waals surface area contributed by atoms with Crippen molar-refractivity contribution in [1.82, 2.24) is 10.3 Å². The SMILES string of the molecule is CNCCc1ccc(-c2c(OC)ccc3[nH]c(=O)c4sccc4c23)cc1. The summed E-state index contributed by atoms with van der Waals surface area (Å²) in [6.45, 7) is 0.952. The summed E-state index contributed by atoms with van der Waals surface area (Å²) in [5, 5.41) is 7.14. The summed E-state index contributed by atoms with van der Waals surface area (Å²) in [6.07, 6.45) is 0.992. The fraction of sp³-hybridized carbons (Fsp3) is 0.190. The van der Waals surface area contributed by atoms with Crippen molar-refractivity contribution in [2.24, 2.45) is 0 Å². The number of pyridine rings is 1. The third-order valence-corrected chi connectivity index (χ3v) is 5.60. The Hall–Kier alpha value is -2.63. The fourth-order valence-electron chi connectivity index (χ4n) is 3.39. The van der Waals surface area contributed by atoms with E-state index in [-0.39, 0.29) is 5.56 Å². The van der Waals surface area contributed by atoms with E-state index in [9.17, 15) is 4.79 Å². The van der Waals surface area contributed by atoms with E-state index in [2.05, 4.69) is 34.6 Å². The zero-order valence-corrected chi connectivity index (χ0v) is 15.6. The minimum atomic E-state index is -0.0407. The summed E-state index contributed by atoms with van der Waals surface area (Å²) in [6, 6.07) is 14.4. The highest BCUT2D eigenvalue weighted by atomic mass is 32.1. The molecule has 0 saturated carbocycles. The molecule has 0 aliphatic heterocycles. The molecule has 132 valence electrons. The molecule has 4 aromatic rings. The lowest BCUT2D eigenvalue weighted by Crippen LogP contribution is -2.10. The van der Waals surface area contributed by atoms with Crippen LogP contribution in [0.2, 0.25) is 0 Å². The van der Waals surface area contributed by atoms with Gasteiger partial charge in [-0.2, -0.15) is 0 Å². The Balaban J connectivity index is 1.98. The van der Waals surface area contributed by atoms with E-state index in [4.69, 9.17) is 4.74 Å². The zero-order chi connectivity index (χ0) is 18.1. The van der Waals surface area contributed by atoms with Crippen molar-refractivity contribution in [2.75, 3.05) is 20.7 Å². The van der Waals surface area contributed by atoms with Gasteiger partial charge < -0.3 is 15.0 Å². The molecule has 0 aliphatic carbocycles. The molecular formula is C21H20N2O2S. The van der Waals surface area contributed by atoms with Crippen LogP contribution in [0.15, 0.2) is 52.6 Å². The van der Waals surface area contributed by atoms with Crippen molar-refractivity contribution >= 4 is 32.3 Å². The number of hydrogen-bond donors (Lipinski definition) is 2. The summed E-state index contributed by atoms with van der Waals surface area (Å²) >= 11 is 1.47. The lowest BCUT2D eigenvalue weighted by atomic mass is 9.96. The Labute approximate surface area is 155 Å². The van der Waals surface area contributed by atoms with Gasteiger partial charge >= 0.3 is 0 Å². The number of nitrogens with one attached hydrogen (secondary N) is 2. The van der Waals surface area contributed by atoms with E-state index in [1.54, 1.807) is 7.11 Å². The van der Waals surface area contributed by atoms with Crippen LogP contribution >= 0.6 is 11.3 Å². The van der Waals surface area contributed by atoms with Gasteiger partial charge in [0.05, 0.1) is 7.11 Å². The van der Waals surface area contributed by atoms with Gasteiger partial charge in [-0.1, -0.05) is 24.3 Å². The lowest BCUT2D eigenvalue weighted by Gasteiger charge is -2.14. The van der Waals surface area contributed by atoms with Crippen LogP contribution in [0.25, 0.3) is 32.1 Å². The monoisotopic (exact) mass is 364 g/mol. The van der Waals surface area contributed by atoms with Gasteiger partial charge in [0.15, 0.2) is 0 Å². The molecule has 0 aliphatic rings. The van der Waals surface area contributed by atoms with Gasteiger partial charge in [0.25, 0.3) is 5.56 Å². The number of ether oxygens (including phenoxy) is 1. The highest BCUT2D eigenvalue weighted by Gasteiger charge is 2.16. The standard InChI is InChI=1S/C21H20N2O2S/c1-22-11-9-13-3-5-14(6-4-13)18-17(25-2)8-7-16-19(18)15-10-12-26-20(15)21(24)23-16/h3-8,10,12,22H,9,11H2,1-2H3,(H,23,24). The summed E-state index contributed by atoms with van der Waals surface area (Å²) in [5.41, 5.74) is 4.18. The number of benzene rings is 2. The van der Waals surface area contributed by atoms with E-state index < -0.39 is 0 Å². The van der Waals surface area contributed by atoms with E-state index in [0.29, 0.717) is 0 Å². The molecule has 4 rings (SSSR count). The number of aromatic nitrogens is 1. The van der Waals surface area contributed by atoms with Crippen LogP contribution in [-0.2, 0) is 6.42 Å². The average Bonchev–Trinajstić information content (AvgIpc) is 3.17. The maximum Gasteiger partial charge on any atom is 0.266 e. The summed E-state index contributed by atoms with van der Waals surface area (Å²) in [5.74, 6) is 0.806. The number of likely N-dealkylation sites (N-methyl/N-ethyl adjacent to an activating group) is 1. The molecule has 0 amide bonds. The molecule has 4 nitrogen and oxygen atoms in total. The highest BCUT2D eigenvalue weighted by molar-refractivity contribution is 7.17. The molecule has 0 radical (unpaired) electrons. The Kier molecular flexibility index (Phi) is 4.49. The second-order valence-corrected chi connectivity index (χ2v) is 7.15. The summed E-state index contributed by atoms with van der Waals surface area (Å²) in [7, 11) is 3.64. The van der Waals surface area contributed by atoms with Crippen molar-refractivity contribution in [2.45, 2.75) is 6.42 Å². The van der Waals surface area contributed by atoms with E-state index in [1.807, 2.05) is 30.6 Å². The number of aromatic amines is 1. The molecule has 0 spiro atoms. The van der Waals surface area contributed by atoms with E-state index in [0.717, 1.165) is 50.8 Å². The van der Waals surface area contributed by atoms with Gasteiger partial charge in [0.1, 0.15) is 10.4 Å². The van der Waals surface area contributed by atoms with Crippen molar-refractivity contribution in [3.63, 3.8) is 0 Å². The van der Waals surface area contributed by atoms with Gasteiger partial charge in [-0.05, 0) is 54.7 Å². The number of thiophene rings is 1. The Bertz CT molecular complexity index is 1130. The van der Waals surface area contributed by atoms with Crippen LogP contribution in [-0.4, -0.2) is 25.7 Å². The molecular weight excluding hydrogens is 344 g/mol. The maximum atomic E-state index is 12.3. The smallest absolute Gasteiger partial charge is 0.266 e. The normalized spacial score (nSPS) is 11.3. The average molecular weight is 364 g/mol. The molecule has 2 aromatic heterocycles. The second kappa shape index (κ2) is 6.94. The first-order valence-electron chi connectivity index (χ1n) is 8.57. The minimum absolute atomic E-state index is 0.0407. The molecule has 2 aromatic carbocycles. The number of methoxy groups -OCH3 is 1. The molecule has 0 atom stereocenters. The number of hydrogen-bond acceptors (Lipinski definition) is 4. The number of H-pyrrole nitrogens is 1. The van der Waals surface area contributed by atoms with E-state index >= 15 is 0 Å². The Morgan fingerprint density at radius 3 is 2.65 bits per heavy atom. The number of fused-ring (bicyclic) bond motifs is 3. The first-order chi connectivity index (χ1) is 12.7. The van der Waals surface area contributed by atoms with Crippen LogP contribution in [0.3, 0.4) is 0 Å². The molecule has 5 heteroatoms. The van der Waals surface area contributed by atoms with Gasteiger partial charge in [-0.25, -0.2) is 0 Å². The van der Waals surface area contributed by atoms with Crippen LogP contribution < -0.4 is 15.6 Å². The maximum absolute atomic E-state index is 12.3. The van der Waals surface area contributed by atoms with Crippen molar-refractivity contribution < 1.29 is 4.74 Å². The number of rotatable bonds is 5. The Morgan fingerprint density at radius 1 is 1.12 bits per heavy atom. The lowest BCUT2D eigenvalue weighted by molar-refractivity contribution is 0.417. The largest absolute Gasteiger partial charge is 0.496 e. The predicted octanol–water partition coefficient (Wildman–Crippen LogP) is 4.18. The third-order valence-electron chi connectivity index (χ3n) is 4.68. The first-order valence-corrected chi connectivity index (χ1v) is 9.45. The van der Waals surface area contributed by atoms with Gasteiger partial charge in [0.2, 0.25) is 0 Å². The van der Waals surface area contributed by atoms with Gasteiger partial charge in [-0.3, -0.25) is 4.79 Å². The molecule has 26 heavy (non-hydrogen) atoms. The highest BCUT2D eigenvalue weighted by Crippen LogP contribution is 2.40. The second-order valence-electron chi connectivity index (χ2n) is 6.23. The predicted molar refractivity (Wildman–Crippen MR) is 110 cm³/mol. The Morgan fingerprint density at radius 2 is 1.92 bits per heavy atom. The van der Waals surface area contributed by atoms with Crippen LogP contribution in [0, 0.1) is 0 Å². The first kappa shape index (κ1) is 16.8. The quantitative estimate of drug-likeness (QED) is 0.559. The molecule has 2 N–H and O–H groups in total.